The van der Waals surface area contributed by atoms with Gasteiger partial charge in [0, 0.05) is 18.0 Å². The normalized spacial score (nSPS) is 25.8. The Labute approximate surface area is 124 Å². The summed E-state index contributed by atoms with van der Waals surface area (Å²) in [6.07, 6.45) is 4.26. The van der Waals surface area contributed by atoms with Crippen LogP contribution < -0.4 is 10.1 Å². The standard InChI is InChI=1S/C16H23F2NO2/c1-2-8-19-16(11-20)7-3-4-13(10-16)21-12-5-6-14(17)15(18)9-12/h5-6,9,13,19-20H,2-4,7-8,10-11H2,1H3. The Morgan fingerprint density at radius 1 is 1.38 bits per heavy atom. The molecule has 0 aromatic heterocycles. The molecule has 1 aliphatic rings. The van der Waals surface area contributed by atoms with Crippen molar-refractivity contribution in [2.45, 2.75) is 50.7 Å². The Morgan fingerprint density at radius 2 is 2.19 bits per heavy atom. The summed E-state index contributed by atoms with van der Waals surface area (Å²) in [6, 6.07) is 3.58. The van der Waals surface area contributed by atoms with Crippen LogP contribution in [0, 0.1) is 11.6 Å². The first-order valence-corrected chi connectivity index (χ1v) is 7.56. The van der Waals surface area contributed by atoms with Gasteiger partial charge in [-0.15, -0.1) is 0 Å². The Bertz CT molecular complexity index is 470. The largest absolute Gasteiger partial charge is 0.490 e. The lowest BCUT2D eigenvalue weighted by Gasteiger charge is -2.40. The molecular formula is C16H23F2NO2. The lowest BCUT2D eigenvalue weighted by atomic mass is 9.80. The van der Waals surface area contributed by atoms with Crippen LogP contribution in [0.1, 0.15) is 39.0 Å². The monoisotopic (exact) mass is 299 g/mol. The molecule has 0 saturated heterocycles. The summed E-state index contributed by atoms with van der Waals surface area (Å²) >= 11 is 0. The highest BCUT2D eigenvalue weighted by atomic mass is 19.2. The lowest BCUT2D eigenvalue weighted by Crippen LogP contribution is -2.53. The third kappa shape index (κ3) is 4.14. The number of aliphatic hydroxyl groups excluding tert-OH is 1. The topological polar surface area (TPSA) is 41.5 Å². The zero-order valence-electron chi connectivity index (χ0n) is 12.4. The second kappa shape index (κ2) is 7.18. The van der Waals surface area contributed by atoms with Crippen LogP contribution in [-0.2, 0) is 0 Å². The SMILES string of the molecule is CCCNC1(CO)CCCC(Oc2ccc(F)c(F)c2)C1. The van der Waals surface area contributed by atoms with Crippen LogP contribution in [0.3, 0.4) is 0 Å². The molecule has 2 atom stereocenters. The molecule has 2 N–H and O–H groups in total. The molecule has 1 fully saturated rings. The van der Waals surface area contributed by atoms with Crippen molar-refractivity contribution in [3.05, 3.63) is 29.8 Å². The van der Waals surface area contributed by atoms with Crippen LogP contribution >= 0.6 is 0 Å². The highest BCUT2D eigenvalue weighted by molar-refractivity contribution is 5.24. The van der Waals surface area contributed by atoms with Gasteiger partial charge in [0.2, 0.25) is 0 Å². The highest BCUT2D eigenvalue weighted by Gasteiger charge is 2.36. The third-order valence-corrected chi connectivity index (χ3v) is 4.05. The fraction of sp³-hybridized carbons (Fsp3) is 0.625. The molecule has 1 aliphatic carbocycles. The van der Waals surface area contributed by atoms with Gasteiger partial charge in [-0.25, -0.2) is 8.78 Å². The average Bonchev–Trinajstić information content (AvgIpc) is 2.49. The summed E-state index contributed by atoms with van der Waals surface area (Å²) in [5.41, 5.74) is -0.322. The fourth-order valence-corrected chi connectivity index (χ4v) is 2.90. The number of benzene rings is 1. The van der Waals surface area contributed by atoms with Crippen molar-refractivity contribution in [1.82, 2.24) is 5.32 Å². The van der Waals surface area contributed by atoms with Gasteiger partial charge >= 0.3 is 0 Å². The molecule has 3 nitrogen and oxygen atoms in total. The summed E-state index contributed by atoms with van der Waals surface area (Å²) in [5, 5.41) is 13.1. The molecule has 0 bridgehead atoms. The summed E-state index contributed by atoms with van der Waals surface area (Å²) < 4.78 is 31.9. The van der Waals surface area contributed by atoms with Gasteiger partial charge in [0.1, 0.15) is 11.9 Å². The van der Waals surface area contributed by atoms with E-state index in [1.165, 1.54) is 6.07 Å². The maximum atomic E-state index is 13.2. The van der Waals surface area contributed by atoms with Crippen LogP contribution in [0.2, 0.25) is 0 Å². The molecule has 21 heavy (non-hydrogen) atoms. The molecule has 118 valence electrons. The van der Waals surface area contributed by atoms with Crippen molar-refractivity contribution in [1.29, 1.82) is 0 Å². The number of aliphatic hydroxyl groups is 1. The first-order chi connectivity index (χ1) is 10.1. The van der Waals surface area contributed by atoms with Crippen LogP contribution in [0.4, 0.5) is 8.78 Å². The van der Waals surface area contributed by atoms with Crippen molar-refractivity contribution in [3.63, 3.8) is 0 Å². The minimum Gasteiger partial charge on any atom is -0.490 e. The molecule has 1 saturated carbocycles. The summed E-state index contributed by atoms with van der Waals surface area (Å²) in [4.78, 5) is 0. The van der Waals surface area contributed by atoms with E-state index in [9.17, 15) is 13.9 Å². The quantitative estimate of drug-likeness (QED) is 0.848. The number of hydrogen-bond donors (Lipinski definition) is 2. The maximum Gasteiger partial charge on any atom is 0.162 e. The van der Waals surface area contributed by atoms with Gasteiger partial charge in [0.25, 0.3) is 0 Å². The zero-order valence-corrected chi connectivity index (χ0v) is 12.4. The Kier molecular flexibility index (Phi) is 5.53. The molecule has 0 radical (unpaired) electrons. The first kappa shape index (κ1) is 16.2. The molecule has 0 spiro atoms. The van der Waals surface area contributed by atoms with E-state index in [-0.39, 0.29) is 18.2 Å². The van der Waals surface area contributed by atoms with Crippen molar-refractivity contribution in [2.24, 2.45) is 0 Å². The fourth-order valence-electron chi connectivity index (χ4n) is 2.90. The van der Waals surface area contributed by atoms with Crippen molar-refractivity contribution < 1.29 is 18.6 Å². The molecular weight excluding hydrogens is 276 g/mol. The molecule has 5 heteroatoms. The van der Waals surface area contributed by atoms with Crippen LogP contribution in [-0.4, -0.2) is 29.9 Å². The van der Waals surface area contributed by atoms with Crippen LogP contribution in [0.25, 0.3) is 0 Å². The second-order valence-electron chi connectivity index (χ2n) is 5.78. The summed E-state index contributed by atoms with van der Waals surface area (Å²) in [6.45, 7) is 2.99. The average molecular weight is 299 g/mol. The molecule has 0 aliphatic heterocycles. The van der Waals surface area contributed by atoms with Crippen LogP contribution in [0.15, 0.2) is 18.2 Å². The van der Waals surface area contributed by atoms with Crippen molar-refractivity contribution in [2.75, 3.05) is 13.2 Å². The number of hydrogen-bond acceptors (Lipinski definition) is 3. The zero-order chi connectivity index (χ0) is 15.3. The number of rotatable bonds is 6. The number of halogens is 2. The second-order valence-corrected chi connectivity index (χ2v) is 5.78. The Hall–Kier alpha value is -1.20. The van der Waals surface area contributed by atoms with Crippen molar-refractivity contribution >= 4 is 0 Å². The Morgan fingerprint density at radius 3 is 2.86 bits per heavy atom. The Balaban J connectivity index is 2.01. The van der Waals surface area contributed by atoms with Gasteiger partial charge in [0.05, 0.1) is 6.61 Å². The van der Waals surface area contributed by atoms with Gasteiger partial charge in [-0.2, -0.15) is 0 Å². The van der Waals surface area contributed by atoms with Gasteiger partial charge in [0.15, 0.2) is 11.6 Å². The van der Waals surface area contributed by atoms with Gasteiger partial charge in [-0.05, 0) is 44.4 Å². The van der Waals surface area contributed by atoms with E-state index in [2.05, 4.69) is 12.2 Å². The first-order valence-electron chi connectivity index (χ1n) is 7.56. The van der Waals surface area contributed by atoms with E-state index < -0.39 is 11.6 Å². The summed E-state index contributed by atoms with van der Waals surface area (Å²) in [5.74, 6) is -1.44. The minimum atomic E-state index is -0.902. The van der Waals surface area contributed by atoms with E-state index in [4.69, 9.17) is 4.74 Å². The van der Waals surface area contributed by atoms with E-state index in [1.54, 1.807) is 0 Å². The predicted octanol–water partition coefficient (Wildman–Crippen LogP) is 3.02. The van der Waals surface area contributed by atoms with Crippen LogP contribution in [0.5, 0.6) is 5.75 Å². The smallest absolute Gasteiger partial charge is 0.162 e. The molecule has 2 rings (SSSR count). The molecule has 0 amide bonds. The molecule has 2 unspecified atom stereocenters. The van der Waals surface area contributed by atoms with E-state index in [1.807, 2.05) is 0 Å². The maximum absolute atomic E-state index is 13.2. The minimum absolute atomic E-state index is 0.0602. The molecule has 1 aromatic rings. The number of ether oxygens (including phenoxy) is 1. The van der Waals surface area contributed by atoms with E-state index in [0.29, 0.717) is 12.2 Å². The molecule has 1 aromatic carbocycles. The van der Waals surface area contributed by atoms with Gasteiger partial charge < -0.3 is 15.2 Å². The predicted molar refractivity (Wildman–Crippen MR) is 77.4 cm³/mol. The molecule has 0 heterocycles. The van der Waals surface area contributed by atoms with Crippen molar-refractivity contribution in [3.8, 4) is 5.75 Å². The van der Waals surface area contributed by atoms with E-state index >= 15 is 0 Å². The summed E-state index contributed by atoms with van der Waals surface area (Å²) in [7, 11) is 0. The van der Waals surface area contributed by atoms with Gasteiger partial charge in [-0.1, -0.05) is 6.92 Å². The third-order valence-electron chi connectivity index (χ3n) is 4.05. The van der Waals surface area contributed by atoms with Gasteiger partial charge in [-0.3, -0.25) is 0 Å². The van der Waals surface area contributed by atoms with E-state index in [0.717, 1.165) is 44.4 Å². The highest BCUT2D eigenvalue weighted by Crippen LogP contribution is 2.31. The lowest BCUT2D eigenvalue weighted by molar-refractivity contribution is 0.0509. The number of nitrogens with one attached hydrogen (secondary N) is 1.